The van der Waals surface area contributed by atoms with E-state index in [2.05, 4.69) is 9.97 Å². The molecule has 16 heavy (non-hydrogen) atoms. The van der Waals surface area contributed by atoms with Crippen molar-refractivity contribution in [2.75, 3.05) is 0 Å². The molecule has 84 valence electrons. The Labute approximate surface area is 93.3 Å². The number of aromatic amines is 1. The van der Waals surface area contributed by atoms with Crippen molar-refractivity contribution in [1.29, 1.82) is 0 Å². The number of carbonyl (C=O) groups is 1. The molecule has 0 aliphatic heterocycles. The summed E-state index contributed by atoms with van der Waals surface area (Å²) in [5, 5.41) is 0.544. The van der Waals surface area contributed by atoms with E-state index in [0.29, 0.717) is 23.0 Å². The first kappa shape index (κ1) is 12.1. The van der Waals surface area contributed by atoms with E-state index < -0.39 is 0 Å². The molecule has 1 aromatic heterocycles. The number of nitrogens with one attached hydrogen (secondary N) is 1. The Morgan fingerprint density at radius 1 is 1.31 bits per heavy atom. The molecule has 0 bridgehead atoms. The van der Waals surface area contributed by atoms with Crippen molar-refractivity contribution >= 4 is 17.2 Å². The molecule has 0 saturated carbocycles. The lowest BCUT2D eigenvalue weighted by atomic mass is 10.2. The molecule has 1 aromatic carbocycles. The molecule has 0 aliphatic carbocycles. The summed E-state index contributed by atoms with van der Waals surface area (Å²) in [4.78, 5) is 28.4. The number of hydrogen-bond donors (Lipinski definition) is 1. The Balaban J connectivity index is 0.000000606. The molecule has 0 radical (unpaired) electrons. The van der Waals surface area contributed by atoms with Gasteiger partial charge in [-0.05, 0) is 12.1 Å². The second-order valence-electron chi connectivity index (χ2n) is 2.90. The van der Waals surface area contributed by atoms with Crippen LogP contribution in [0.3, 0.4) is 0 Å². The van der Waals surface area contributed by atoms with Gasteiger partial charge in [0.05, 0.1) is 17.3 Å². The third kappa shape index (κ3) is 2.53. The van der Waals surface area contributed by atoms with Crippen LogP contribution in [0.15, 0.2) is 29.1 Å². The molecule has 0 fully saturated rings. The highest BCUT2D eigenvalue weighted by Crippen LogP contribution is 2.05. The smallest absolute Gasteiger partial charge is 0.258 e. The topological polar surface area (TPSA) is 62.8 Å². The maximum Gasteiger partial charge on any atom is 0.258 e. The van der Waals surface area contributed by atoms with Gasteiger partial charge >= 0.3 is 0 Å². The van der Waals surface area contributed by atoms with Gasteiger partial charge in [-0.2, -0.15) is 0 Å². The number of rotatable bonds is 2. The van der Waals surface area contributed by atoms with Gasteiger partial charge in [0, 0.05) is 0 Å². The lowest BCUT2D eigenvalue weighted by molar-refractivity contribution is -0.107. The second kappa shape index (κ2) is 5.80. The minimum Gasteiger partial charge on any atom is -0.310 e. The van der Waals surface area contributed by atoms with Crippen LogP contribution in [0, 0.1) is 0 Å². The second-order valence-corrected chi connectivity index (χ2v) is 2.90. The number of H-pyrrole nitrogens is 1. The standard InChI is InChI=1S/C10H8N2O2.C2H6/c13-6-5-9-11-8-4-2-1-3-7(8)10(14)12-9;1-2/h1-4,6H,5H2,(H,11,12,14);1-2H3. The van der Waals surface area contributed by atoms with Gasteiger partial charge in [-0.15, -0.1) is 0 Å². The highest BCUT2D eigenvalue weighted by Gasteiger charge is 2.01. The van der Waals surface area contributed by atoms with Crippen molar-refractivity contribution in [3.63, 3.8) is 0 Å². The molecule has 1 N–H and O–H groups in total. The van der Waals surface area contributed by atoms with Gasteiger partial charge in [0.2, 0.25) is 0 Å². The maximum absolute atomic E-state index is 11.5. The Kier molecular flexibility index (Phi) is 4.39. The van der Waals surface area contributed by atoms with E-state index in [4.69, 9.17) is 0 Å². The summed E-state index contributed by atoms with van der Waals surface area (Å²) in [6.07, 6.45) is 0.854. The quantitative estimate of drug-likeness (QED) is 0.780. The number of aromatic nitrogens is 2. The van der Waals surface area contributed by atoms with E-state index in [9.17, 15) is 9.59 Å². The number of benzene rings is 1. The van der Waals surface area contributed by atoms with Crippen LogP contribution in [0.4, 0.5) is 0 Å². The molecular weight excluding hydrogens is 204 g/mol. The molecule has 4 nitrogen and oxygen atoms in total. The van der Waals surface area contributed by atoms with E-state index >= 15 is 0 Å². The van der Waals surface area contributed by atoms with Gasteiger partial charge in [0.1, 0.15) is 12.1 Å². The predicted octanol–water partition coefficient (Wildman–Crippen LogP) is 1.69. The molecule has 1 heterocycles. The first-order chi connectivity index (χ1) is 7.81. The average Bonchev–Trinajstić information content (AvgIpc) is 2.32. The summed E-state index contributed by atoms with van der Waals surface area (Å²) < 4.78 is 0. The molecule has 2 aromatic rings. The van der Waals surface area contributed by atoms with Gasteiger partial charge in [-0.1, -0.05) is 26.0 Å². The van der Waals surface area contributed by atoms with E-state index in [1.54, 1.807) is 24.3 Å². The van der Waals surface area contributed by atoms with Crippen LogP contribution in [0.25, 0.3) is 10.9 Å². The van der Waals surface area contributed by atoms with Crippen LogP contribution in [0.5, 0.6) is 0 Å². The Morgan fingerprint density at radius 3 is 2.69 bits per heavy atom. The summed E-state index contributed by atoms with van der Waals surface area (Å²) >= 11 is 0. The third-order valence-electron chi connectivity index (χ3n) is 1.94. The number of carbonyl (C=O) groups excluding carboxylic acids is 1. The zero-order chi connectivity index (χ0) is 12.0. The van der Waals surface area contributed by atoms with Crippen LogP contribution >= 0.6 is 0 Å². The van der Waals surface area contributed by atoms with Crippen molar-refractivity contribution < 1.29 is 4.79 Å². The number of hydrogen-bond acceptors (Lipinski definition) is 3. The Morgan fingerprint density at radius 2 is 2.00 bits per heavy atom. The van der Waals surface area contributed by atoms with Crippen molar-refractivity contribution in [2.24, 2.45) is 0 Å². The molecule has 0 atom stereocenters. The minimum absolute atomic E-state index is 0.139. The van der Waals surface area contributed by atoms with Crippen molar-refractivity contribution in [3.05, 3.63) is 40.4 Å². The number of nitrogens with zero attached hydrogens (tertiary/aromatic N) is 1. The highest BCUT2D eigenvalue weighted by molar-refractivity contribution is 5.77. The minimum atomic E-state index is -0.201. The van der Waals surface area contributed by atoms with Crippen LogP contribution in [0.1, 0.15) is 19.7 Å². The van der Waals surface area contributed by atoms with E-state index in [0.717, 1.165) is 0 Å². The lowest BCUT2D eigenvalue weighted by Crippen LogP contribution is -2.11. The summed E-state index contributed by atoms with van der Waals surface area (Å²) in [7, 11) is 0. The van der Waals surface area contributed by atoms with E-state index in [1.165, 1.54) is 0 Å². The van der Waals surface area contributed by atoms with Gasteiger partial charge < -0.3 is 9.78 Å². The molecule has 2 rings (SSSR count). The van der Waals surface area contributed by atoms with E-state index in [1.807, 2.05) is 13.8 Å². The molecule has 0 unspecified atom stereocenters. The first-order valence-electron chi connectivity index (χ1n) is 5.23. The van der Waals surface area contributed by atoms with Crippen LogP contribution in [-0.4, -0.2) is 16.3 Å². The molecule has 0 saturated heterocycles. The highest BCUT2D eigenvalue weighted by atomic mass is 16.1. The zero-order valence-electron chi connectivity index (χ0n) is 9.36. The maximum atomic E-state index is 11.5. The monoisotopic (exact) mass is 218 g/mol. The molecule has 0 amide bonds. The van der Waals surface area contributed by atoms with Crippen molar-refractivity contribution in [2.45, 2.75) is 20.3 Å². The van der Waals surface area contributed by atoms with Gasteiger partial charge in [-0.3, -0.25) is 4.79 Å². The fraction of sp³-hybridized carbons (Fsp3) is 0.250. The summed E-state index contributed by atoms with van der Waals surface area (Å²) in [6, 6.07) is 7.03. The van der Waals surface area contributed by atoms with Gasteiger partial charge in [0.25, 0.3) is 5.56 Å². The number of fused-ring (bicyclic) bond motifs is 1. The van der Waals surface area contributed by atoms with Gasteiger partial charge in [0.15, 0.2) is 0 Å². The molecular formula is C12H14N2O2. The lowest BCUT2D eigenvalue weighted by Gasteiger charge is -1.98. The summed E-state index contributed by atoms with van der Waals surface area (Å²) in [6.45, 7) is 4.00. The largest absolute Gasteiger partial charge is 0.310 e. The van der Waals surface area contributed by atoms with Crippen LogP contribution < -0.4 is 5.56 Å². The normalized spacial score (nSPS) is 9.38. The average molecular weight is 218 g/mol. The SMILES string of the molecule is CC.O=CCc1nc2ccccc2c(=O)[nH]1. The predicted molar refractivity (Wildman–Crippen MR) is 63.5 cm³/mol. The first-order valence-corrected chi connectivity index (χ1v) is 5.23. The Hall–Kier alpha value is -1.97. The van der Waals surface area contributed by atoms with Crippen LogP contribution in [-0.2, 0) is 11.2 Å². The fourth-order valence-corrected chi connectivity index (χ4v) is 1.31. The van der Waals surface area contributed by atoms with Crippen molar-refractivity contribution in [1.82, 2.24) is 9.97 Å². The molecule has 0 aliphatic rings. The summed E-state index contributed by atoms with van der Waals surface area (Å²) in [5.74, 6) is 0.406. The Bertz CT molecular complexity index is 532. The summed E-state index contributed by atoms with van der Waals surface area (Å²) in [5.41, 5.74) is 0.417. The number of aldehydes is 1. The molecule has 4 heteroatoms. The number of para-hydroxylation sites is 1. The fourth-order valence-electron chi connectivity index (χ4n) is 1.31. The molecule has 0 spiro atoms. The van der Waals surface area contributed by atoms with Gasteiger partial charge in [-0.25, -0.2) is 4.98 Å². The van der Waals surface area contributed by atoms with Crippen LogP contribution in [0.2, 0.25) is 0 Å². The zero-order valence-corrected chi connectivity index (χ0v) is 9.36. The third-order valence-corrected chi connectivity index (χ3v) is 1.94. The van der Waals surface area contributed by atoms with E-state index in [-0.39, 0.29) is 12.0 Å². The van der Waals surface area contributed by atoms with Crippen molar-refractivity contribution in [3.8, 4) is 0 Å².